The molecule has 3 nitrogen and oxygen atoms in total. The Morgan fingerprint density at radius 3 is 2.35 bits per heavy atom. The zero-order valence-electron chi connectivity index (χ0n) is 9.55. The Kier molecular flexibility index (Phi) is 3.58. The van der Waals surface area contributed by atoms with E-state index < -0.39 is 9.84 Å². The zero-order valence-corrected chi connectivity index (χ0v) is 11.2. The van der Waals surface area contributed by atoms with Crippen LogP contribution in [0.5, 0.6) is 0 Å². The molecule has 1 aromatic carbocycles. The van der Waals surface area contributed by atoms with E-state index in [1.165, 1.54) is 18.0 Å². The summed E-state index contributed by atoms with van der Waals surface area (Å²) in [4.78, 5) is 12.8. The van der Waals surface area contributed by atoms with Crippen LogP contribution >= 0.6 is 11.8 Å². The van der Waals surface area contributed by atoms with Crippen LogP contribution in [0, 0.1) is 0 Å². The summed E-state index contributed by atoms with van der Waals surface area (Å²) < 4.78 is 22.6. The highest BCUT2D eigenvalue weighted by Crippen LogP contribution is 2.32. The molecule has 0 aromatic heterocycles. The number of carbonyl (C=O) groups is 1. The van der Waals surface area contributed by atoms with Crippen LogP contribution in [0.2, 0.25) is 0 Å². The molecule has 1 unspecified atom stereocenters. The van der Waals surface area contributed by atoms with Crippen molar-refractivity contribution in [2.24, 2.45) is 0 Å². The first kappa shape index (κ1) is 12.6. The Morgan fingerprint density at radius 1 is 1.24 bits per heavy atom. The molecular weight excluding hydrogens is 256 g/mol. The van der Waals surface area contributed by atoms with Crippen molar-refractivity contribution in [3.8, 4) is 0 Å². The zero-order chi connectivity index (χ0) is 12.5. The second-order valence-corrected chi connectivity index (χ2v) is 7.50. The lowest BCUT2D eigenvalue weighted by Gasteiger charge is -2.07. The van der Waals surface area contributed by atoms with E-state index >= 15 is 0 Å². The minimum Gasteiger partial charge on any atom is -0.298 e. The molecular formula is C12H14O3S2. The van der Waals surface area contributed by atoms with Crippen LogP contribution in [0.3, 0.4) is 0 Å². The molecule has 0 saturated heterocycles. The largest absolute Gasteiger partial charge is 0.298 e. The summed E-state index contributed by atoms with van der Waals surface area (Å²) in [6.07, 6.45) is 3.77. The van der Waals surface area contributed by atoms with E-state index in [0.717, 1.165) is 17.7 Å². The molecule has 1 saturated carbocycles. The van der Waals surface area contributed by atoms with Crippen LogP contribution in [0.25, 0.3) is 0 Å². The van der Waals surface area contributed by atoms with E-state index in [9.17, 15) is 13.2 Å². The summed E-state index contributed by atoms with van der Waals surface area (Å²) in [6.45, 7) is 0. The summed E-state index contributed by atoms with van der Waals surface area (Å²) in [6, 6.07) is 6.73. The van der Waals surface area contributed by atoms with Gasteiger partial charge in [-0.25, -0.2) is 8.42 Å². The van der Waals surface area contributed by atoms with Gasteiger partial charge in [-0.1, -0.05) is 0 Å². The standard InChI is InChI=1S/C12H14O3S2/c1-17(14,15)10-7-5-9(6-8-10)16-12-4-2-3-11(12)13/h5-8,12H,2-4H2,1H3. The average molecular weight is 270 g/mol. The van der Waals surface area contributed by atoms with E-state index in [1.54, 1.807) is 24.3 Å². The number of sulfone groups is 1. The highest BCUT2D eigenvalue weighted by molar-refractivity contribution is 8.00. The lowest BCUT2D eigenvalue weighted by atomic mass is 10.3. The number of rotatable bonds is 3. The maximum absolute atomic E-state index is 11.5. The third-order valence-corrected chi connectivity index (χ3v) is 5.23. The third kappa shape index (κ3) is 3.10. The molecule has 1 aliphatic rings. The van der Waals surface area contributed by atoms with Gasteiger partial charge in [-0.05, 0) is 37.1 Å². The molecule has 0 bridgehead atoms. The predicted molar refractivity (Wildman–Crippen MR) is 68.1 cm³/mol. The molecule has 5 heteroatoms. The van der Waals surface area contributed by atoms with Crippen LogP contribution in [-0.4, -0.2) is 25.7 Å². The minimum atomic E-state index is -3.13. The van der Waals surface area contributed by atoms with Gasteiger partial charge < -0.3 is 0 Å². The van der Waals surface area contributed by atoms with Crippen molar-refractivity contribution in [1.82, 2.24) is 0 Å². The molecule has 0 spiro atoms. The molecule has 0 N–H and O–H groups in total. The summed E-state index contributed by atoms with van der Waals surface area (Å²) >= 11 is 1.53. The van der Waals surface area contributed by atoms with Crippen LogP contribution < -0.4 is 0 Å². The quantitative estimate of drug-likeness (QED) is 0.845. The Bertz CT molecular complexity index is 517. The van der Waals surface area contributed by atoms with E-state index in [0.29, 0.717) is 17.1 Å². The lowest BCUT2D eigenvalue weighted by molar-refractivity contribution is -0.116. The van der Waals surface area contributed by atoms with Gasteiger partial charge in [0.2, 0.25) is 0 Å². The van der Waals surface area contributed by atoms with Gasteiger partial charge >= 0.3 is 0 Å². The normalized spacial score (nSPS) is 20.8. The molecule has 1 atom stereocenters. The smallest absolute Gasteiger partial charge is 0.175 e. The lowest BCUT2D eigenvalue weighted by Crippen LogP contribution is -2.07. The van der Waals surface area contributed by atoms with Crippen LogP contribution in [0.15, 0.2) is 34.1 Å². The maximum atomic E-state index is 11.5. The summed E-state index contributed by atoms with van der Waals surface area (Å²) in [5.41, 5.74) is 0. The van der Waals surface area contributed by atoms with E-state index in [-0.39, 0.29) is 5.25 Å². The number of thioether (sulfide) groups is 1. The molecule has 0 amide bonds. The van der Waals surface area contributed by atoms with Crippen molar-refractivity contribution in [3.05, 3.63) is 24.3 Å². The summed E-state index contributed by atoms with van der Waals surface area (Å²) in [5.74, 6) is 0.308. The number of Topliss-reactive ketones (excluding diaryl/α,β-unsaturated/α-hetero) is 1. The van der Waals surface area contributed by atoms with E-state index in [2.05, 4.69) is 0 Å². The fourth-order valence-electron chi connectivity index (χ4n) is 1.84. The molecule has 0 aliphatic heterocycles. The van der Waals surface area contributed by atoms with Gasteiger partial charge in [-0.3, -0.25) is 4.79 Å². The first-order valence-electron chi connectivity index (χ1n) is 5.46. The van der Waals surface area contributed by atoms with Crippen LogP contribution in [0.1, 0.15) is 19.3 Å². The molecule has 1 aromatic rings. The predicted octanol–water partition coefficient (Wildman–Crippen LogP) is 2.30. The number of benzene rings is 1. The van der Waals surface area contributed by atoms with Crippen molar-refractivity contribution < 1.29 is 13.2 Å². The Morgan fingerprint density at radius 2 is 1.88 bits per heavy atom. The van der Waals surface area contributed by atoms with Gasteiger partial charge in [0.1, 0.15) is 5.78 Å². The van der Waals surface area contributed by atoms with Gasteiger partial charge in [-0.15, -0.1) is 11.8 Å². The Labute approximate surface area is 106 Å². The minimum absolute atomic E-state index is 0.0547. The first-order valence-corrected chi connectivity index (χ1v) is 8.23. The van der Waals surface area contributed by atoms with E-state index in [4.69, 9.17) is 0 Å². The highest BCUT2D eigenvalue weighted by Gasteiger charge is 2.25. The van der Waals surface area contributed by atoms with Crippen molar-refractivity contribution >= 4 is 27.4 Å². The summed E-state index contributed by atoms with van der Waals surface area (Å²) in [5, 5.41) is 0.0547. The van der Waals surface area contributed by atoms with Crippen molar-refractivity contribution in [2.45, 2.75) is 34.3 Å². The van der Waals surface area contributed by atoms with Gasteiger partial charge in [0.05, 0.1) is 10.1 Å². The molecule has 92 valence electrons. The third-order valence-electron chi connectivity index (χ3n) is 2.78. The number of hydrogen-bond acceptors (Lipinski definition) is 4. The highest BCUT2D eigenvalue weighted by atomic mass is 32.2. The molecule has 17 heavy (non-hydrogen) atoms. The molecule has 0 heterocycles. The van der Waals surface area contributed by atoms with Gasteiger partial charge in [-0.2, -0.15) is 0 Å². The number of hydrogen-bond donors (Lipinski definition) is 0. The SMILES string of the molecule is CS(=O)(=O)c1ccc(SC2CCCC2=O)cc1. The second kappa shape index (κ2) is 4.82. The maximum Gasteiger partial charge on any atom is 0.175 e. The van der Waals surface area contributed by atoms with Gasteiger partial charge in [0, 0.05) is 17.6 Å². The van der Waals surface area contributed by atoms with Gasteiger partial charge in [0.15, 0.2) is 9.84 Å². The fraction of sp³-hybridized carbons (Fsp3) is 0.417. The van der Waals surface area contributed by atoms with Gasteiger partial charge in [0.25, 0.3) is 0 Å². The van der Waals surface area contributed by atoms with Crippen molar-refractivity contribution in [2.75, 3.05) is 6.26 Å². The second-order valence-electron chi connectivity index (χ2n) is 4.21. The summed E-state index contributed by atoms with van der Waals surface area (Å²) in [7, 11) is -3.13. The molecule has 2 rings (SSSR count). The van der Waals surface area contributed by atoms with Crippen LogP contribution in [0.4, 0.5) is 0 Å². The molecule has 1 fully saturated rings. The van der Waals surface area contributed by atoms with Crippen molar-refractivity contribution in [1.29, 1.82) is 0 Å². The monoisotopic (exact) mass is 270 g/mol. The van der Waals surface area contributed by atoms with Crippen molar-refractivity contribution in [3.63, 3.8) is 0 Å². The Hall–Kier alpha value is -0.810. The first-order chi connectivity index (χ1) is 7.97. The molecule has 0 radical (unpaired) electrons. The topological polar surface area (TPSA) is 51.2 Å². The fourth-order valence-corrected chi connectivity index (χ4v) is 3.62. The molecule has 1 aliphatic carbocycles. The average Bonchev–Trinajstić information content (AvgIpc) is 2.64. The van der Waals surface area contributed by atoms with E-state index in [1.807, 2.05) is 0 Å². The Balaban J connectivity index is 2.11. The number of ketones is 1. The van der Waals surface area contributed by atoms with Crippen LogP contribution in [-0.2, 0) is 14.6 Å². The number of carbonyl (C=O) groups excluding carboxylic acids is 1.